The molecular weight excluding hydrogens is 364 g/mol. The molecule has 3 rings (SSSR count). The van der Waals surface area contributed by atoms with E-state index in [1.807, 2.05) is 30.3 Å². The number of carbonyl (C=O) groups is 1. The van der Waals surface area contributed by atoms with Gasteiger partial charge in [-0.25, -0.2) is 8.42 Å². The summed E-state index contributed by atoms with van der Waals surface area (Å²) < 4.78 is 32.2. The smallest absolute Gasteiger partial charge is 0.243 e. The van der Waals surface area contributed by atoms with Gasteiger partial charge < -0.3 is 9.64 Å². The van der Waals surface area contributed by atoms with E-state index in [0.29, 0.717) is 31.7 Å². The molecule has 0 spiro atoms. The second-order valence-corrected chi connectivity index (χ2v) is 8.52. The van der Waals surface area contributed by atoms with E-state index in [4.69, 9.17) is 4.74 Å². The molecule has 7 heteroatoms. The van der Waals surface area contributed by atoms with Crippen LogP contribution < -0.4 is 9.64 Å². The maximum absolute atomic E-state index is 12.8. The Morgan fingerprint density at radius 2 is 1.63 bits per heavy atom. The minimum atomic E-state index is -3.56. The minimum Gasteiger partial charge on any atom is -0.497 e. The molecule has 2 aromatic carbocycles. The lowest BCUT2D eigenvalue weighted by Gasteiger charge is -2.32. The third kappa shape index (κ3) is 4.14. The van der Waals surface area contributed by atoms with Gasteiger partial charge in [-0.2, -0.15) is 4.31 Å². The molecule has 0 aromatic heterocycles. The number of hydrogen-bond donors (Lipinski definition) is 0. The van der Waals surface area contributed by atoms with Crippen molar-refractivity contribution in [1.82, 2.24) is 4.31 Å². The molecule has 1 aliphatic rings. The number of amides is 1. The molecular formula is C20H24N2O4S. The Morgan fingerprint density at radius 1 is 1.04 bits per heavy atom. The van der Waals surface area contributed by atoms with Crippen molar-refractivity contribution in [3.05, 3.63) is 54.6 Å². The molecule has 0 radical (unpaired) electrons. The molecule has 0 atom stereocenters. The first-order valence-electron chi connectivity index (χ1n) is 8.90. The van der Waals surface area contributed by atoms with Crippen LogP contribution in [0.2, 0.25) is 0 Å². The second-order valence-electron chi connectivity index (χ2n) is 6.59. The van der Waals surface area contributed by atoms with Crippen molar-refractivity contribution >= 4 is 21.6 Å². The molecule has 144 valence electrons. The van der Waals surface area contributed by atoms with Crippen molar-refractivity contribution in [2.24, 2.45) is 5.92 Å². The van der Waals surface area contributed by atoms with Crippen molar-refractivity contribution in [3.8, 4) is 5.75 Å². The maximum Gasteiger partial charge on any atom is 0.243 e. The van der Waals surface area contributed by atoms with E-state index in [9.17, 15) is 13.2 Å². The Kier molecular flexibility index (Phi) is 5.82. The Morgan fingerprint density at radius 3 is 2.19 bits per heavy atom. The minimum absolute atomic E-state index is 0.0303. The lowest BCUT2D eigenvalue weighted by molar-refractivity contribution is -0.123. The van der Waals surface area contributed by atoms with Crippen LogP contribution >= 0.6 is 0 Å². The van der Waals surface area contributed by atoms with Gasteiger partial charge in [-0.15, -0.1) is 0 Å². The number of nitrogens with zero attached hydrogens (tertiary/aromatic N) is 2. The van der Waals surface area contributed by atoms with Gasteiger partial charge in [0.25, 0.3) is 0 Å². The van der Waals surface area contributed by atoms with Crippen LogP contribution in [-0.4, -0.2) is 45.9 Å². The zero-order valence-electron chi connectivity index (χ0n) is 15.5. The number of sulfonamides is 1. The van der Waals surface area contributed by atoms with Gasteiger partial charge >= 0.3 is 0 Å². The third-order valence-electron chi connectivity index (χ3n) is 4.97. The van der Waals surface area contributed by atoms with E-state index < -0.39 is 10.0 Å². The number of anilines is 1. The fourth-order valence-corrected chi connectivity index (χ4v) is 4.76. The lowest BCUT2D eigenvalue weighted by Crippen LogP contribution is -2.43. The van der Waals surface area contributed by atoms with E-state index in [1.54, 1.807) is 36.2 Å². The molecule has 1 amide bonds. The molecule has 1 fully saturated rings. The summed E-state index contributed by atoms with van der Waals surface area (Å²) in [5.74, 6) is 0.474. The SMILES string of the molecule is COc1ccc(S(=O)(=O)N2CCC(C(=O)N(C)c3ccccc3)CC2)cc1. The number of benzene rings is 2. The number of para-hydroxylation sites is 1. The summed E-state index contributed by atoms with van der Waals surface area (Å²) in [4.78, 5) is 14.6. The van der Waals surface area contributed by atoms with Gasteiger partial charge in [-0.1, -0.05) is 18.2 Å². The van der Waals surface area contributed by atoms with E-state index in [0.717, 1.165) is 5.69 Å². The van der Waals surface area contributed by atoms with Crippen molar-refractivity contribution in [2.75, 3.05) is 32.1 Å². The highest BCUT2D eigenvalue weighted by Gasteiger charge is 2.33. The zero-order valence-corrected chi connectivity index (χ0v) is 16.4. The monoisotopic (exact) mass is 388 g/mol. The normalized spacial score (nSPS) is 16.1. The van der Waals surface area contributed by atoms with E-state index in [2.05, 4.69) is 0 Å². The van der Waals surface area contributed by atoms with Crippen LogP contribution in [0, 0.1) is 5.92 Å². The van der Waals surface area contributed by atoms with Gasteiger partial charge in [0.05, 0.1) is 12.0 Å². The van der Waals surface area contributed by atoms with Crippen molar-refractivity contribution in [2.45, 2.75) is 17.7 Å². The summed E-state index contributed by atoms with van der Waals surface area (Å²) in [6, 6.07) is 15.8. The van der Waals surface area contributed by atoms with Gasteiger partial charge in [0.2, 0.25) is 15.9 Å². The molecule has 2 aromatic rings. The van der Waals surface area contributed by atoms with Gasteiger partial charge in [-0.05, 0) is 49.2 Å². The fourth-order valence-electron chi connectivity index (χ4n) is 3.29. The standard InChI is InChI=1S/C20H24N2O4S/c1-21(17-6-4-3-5-7-17)20(23)16-12-14-22(15-13-16)27(24,25)19-10-8-18(26-2)9-11-19/h3-11,16H,12-15H2,1-2H3. The quantitative estimate of drug-likeness (QED) is 0.790. The summed E-state index contributed by atoms with van der Waals surface area (Å²) in [5, 5.41) is 0. The van der Waals surface area contributed by atoms with E-state index in [-0.39, 0.29) is 16.7 Å². The van der Waals surface area contributed by atoms with Gasteiger partial charge in [0.1, 0.15) is 5.75 Å². The summed E-state index contributed by atoms with van der Waals surface area (Å²) in [6.07, 6.45) is 1.04. The number of carbonyl (C=O) groups excluding carboxylic acids is 1. The molecule has 1 heterocycles. The number of hydrogen-bond acceptors (Lipinski definition) is 4. The molecule has 0 unspecified atom stereocenters. The largest absolute Gasteiger partial charge is 0.497 e. The topological polar surface area (TPSA) is 66.9 Å². The molecule has 1 aliphatic heterocycles. The highest BCUT2D eigenvalue weighted by atomic mass is 32.2. The second kappa shape index (κ2) is 8.10. The Hall–Kier alpha value is -2.38. The molecule has 0 saturated carbocycles. The average Bonchev–Trinajstić information content (AvgIpc) is 2.73. The van der Waals surface area contributed by atoms with Gasteiger partial charge in [0, 0.05) is 31.7 Å². The molecule has 0 N–H and O–H groups in total. The maximum atomic E-state index is 12.8. The summed E-state index contributed by atoms with van der Waals surface area (Å²) >= 11 is 0. The zero-order chi connectivity index (χ0) is 19.4. The fraction of sp³-hybridized carbons (Fsp3) is 0.350. The predicted octanol–water partition coefficient (Wildman–Crippen LogP) is 2.76. The highest BCUT2D eigenvalue weighted by Crippen LogP contribution is 2.27. The Bertz CT molecular complexity index is 874. The van der Waals surface area contributed by atoms with Crippen LogP contribution in [0.15, 0.2) is 59.5 Å². The van der Waals surface area contributed by atoms with Crippen molar-refractivity contribution < 1.29 is 17.9 Å². The first kappa shape index (κ1) is 19.4. The predicted molar refractivity (Wildman–Crippen MR) is 104 cm³/mol. The highest BCUT2D eigenvalue weighted by molar-refractivity contribution is 7.89. The molecule has 1 saturated heterocycles. The third-order valence-corrected chi connectivity index (χ3v) is 6.89. The Labute approximate surface area is 160 Å². The number of rotatable bonds is 5. The van der Waals surface area contributed by atoms with Crippen LogP contribution in [-0.2, 0) is 14.8 Å². The van der Waals surface area contributed by atoms with Crippen LogP contribution in [0.25, 0.3) is 0 Å². The summed E-state index contributed by atoms with van der Waals surface area (Å²) in [7, 11) is -0.254. The van der Waals surface area contributed by atoms with E-state index >= 15 is 0 Å². The molecule has 0 bridgehead atoms. The average molecular weight is 388 g/mol. The summed E-state index contributed by atoms with van der Waals surface area (Å²) in [6.45, 7) is 0.681. The first-order chi connectivity index (χ1) is 12.9. The van der Waals surface area contributed by atoms with Crippen LogP contribution in [0.4, 0.5) is 5.69 Å². The number of ether oxygens (including phenoxy) is 1. The molecule has 6 nitrogen and oxygen atoms in total. The van der Waals surface area contributed by atoms with E-state index in [1.165, 1.54) is 11.4 Å². The van der Waals surface area contributed by atoms with Crippen LogP contribution in [0.1, 0.15) is 12.8 Å². The summed E-state index contributed by atoms with van der Waals surface area (Å²) in [5.41, 5.74) is 0.843. The molecule has 27 heavy (non-hydrogen) atoms. The van der Waals surface area contributed by atoms with Crippen LogP contribution in [0.3, 0.4) is 0 Å². The first-order valence-corrected chi connectivity index (χ1v) is 10.3. The Balaban J connectivity index is 1.64. The van der Waals surface area contributed by atoms with Gasteiger partial charge in [-0.3, -0.25) is 4.79 Å². The molecule has 0 aliphatic carbocycles. The van der Waals surface area contributed by atoms with Gasteiger partial charge in [0.15, 0.2) is 0 Å². The van der Waals surface area contributed by atoms with Crippen molar-refractivity contribution in [3.63, 3.8) is 0 Å². The lowest BCUT2D eigenvalue weighted by atomic mass is 9.96. The van der Waals surface area contributed by atoms with Crippen molar-refractivity contribution in [1.29, 1.82) is 0 Å². The van der Waals surface area contributed by atoms with Crippen LogP contribution in [0.5, 0.6) is 5.75 Å². The number of piperidine rings is 1. The number of methoxy groups -OCH3 is 1.